The van der Waals surface area contributed by atoms with E-state index in [2.05, 4.69) is 9.88 Å². The lowest BCUT2D eigenvalue weighted by Gasteiger charge is -2.34. The van der Waals surface area contributed by atoms with Gasteiger partial charge in [-0.05, 0) is 29.8 Å². The molecule has 0 radical (unpaired) electrons. The van der Waals surface area contributed by atoms with Crippen LogP contribution in [0, 0.1) is 0 Å². The summed E-state index contributed by atoms with van der Waals surface area (Å²) in [5, 5.41) is 0.679. The monoisotopic (exact) mass is 418 g/mol. The number of morpholine rings is 1. The van der Waals surface area contributed by atoms with Crippen molar-refractivity contribution >= 4 is 30.0 Å². The third kappa shape index (κ3) is 4.19. The molecule has 0 unspecified atom stereocenters. The SMILES string of the molecule is Cl.Cn1c(N2CCO[C@H](c3cccc(Cl)c3)C2)nc(-c2ccncc2)cc1=O. The second kappa shape index (κ2) is 8.73. The van der Waals surface area contributed by atoms with Gasteiger partial charge in [0.2, 0.25) is 5.95 Å². The van der Waals surface area contributed by atoms with Crippen molar-refractivity contribution in [3.05, 3.63) is 75.8 Å². The number of ether oxygens (including phenoxy) is 1. The first-order valence-electron chi connectivity index (χ1n) is 8.72. The standard InChI is InChI=1S/C20H19ClN4O2.ClH/c1-24-19(26)12-17(14-5-7-22-8-6-14)23-20(24)25-9-10-27-18(13-25)15-3-2-4-16(21)11-15;/h2-8,11-12,18H,9-10,13H2,1H3;1H/t18-;/m0./s1. The third-order valence-corrected chi connectivity index (χ3v) is 4.89. The van der Waals surface area contributed by atoms with Crippen molar-refractivity contribution < 1.29 is 4.74 Å². The Labute approximate surface area is 174 Å². The number of hydrogen-bond donors (Lipinski definition) is 0. The normalized spacial score (nSPS) is 16.5. The molecule has 0 aliphatic carbocycles. The number of aromatic nitrogens is 3. The molecule has 146 valence electrons. The van der Waals surface area contributed by atoms with E-state index < -0.39 is 0 Å². The number of rotatable bonds is 3. The molecule has 0 spiro atoms. The van der Waals surface area contributed by atoms with E-state index in [9.17, 15) is 4.79 Å². The van der Waals surface area contributed by atoms with Crippen LogP contribution in [0.3, 0.4) is 0 Å². The van der Waals surface area contributed by atoms with E-state index >= 15 is 0 Å². The molecule has 1 aliphatic rings. The van der Waals surface area contributed by atoms with Crippen LogP contribution in [0.4, 0.5) is 5.95 Å². The Morgan fingerprint density at radius 1 is 1.18 bits per heavy atom. The van der Waals surface area contributed by atoms with Gasteiger partial charge in [-0.1, -0.05) is 23.7 Å². The number of benzene rings is 1. The second-order valence-corrected chi connectivity index (χ2v) is 6.87. The fourth-order valence-electron chi connectivity index (χ4n) is 3.22. The Bertz CT molecular complexity index is 1010. The van der Waals surface area contributed by atoms with Crippen LogP contribution in [-0.4, -0.2) is 34.2 Å². The van der Waals surface area contributed by atoms with Crippen molar-refractivity contribution in [3.8, 4) is 11.3 Å². The summed E-state index contributed by atoms with van der Waals surface area (Å²) in [6.07, 6.45) is 3.26. The highest BCUT2D eigenvalue weighted by molar-refractivity contribution is 6.30. The van der Waals surface area contributed by atoms with Crippen LogP contribution in [0.15, 0.2) is 59.7 Å². The summed E-state index contributed by atoms with van der Waals surface area (Å²) >= 11 is 6.12. The Hall–Kier alpha value is -2.41. The predicted molar refractivity (Wildman–Crippen MR) is 112 cm³/mol. The molecule has 1 fully saturated rings. The van der Waals surface area contributed by atoms with Gasteiger partial charge in [0, 0.05) is 42.6 Å². The maximum atomic E-state index is 12.5. The Balaban J connectivity index is 0.00000225. The van der Waals surface area contributed by atoms with Crippen molar-refractivity contribution in [1.29, 1.82) is 0 Å². The second-order valence-electron chi connectivity index (χ2n) is 6.43. The van der Waals surface area contributed by atoms with Crippen molar-refractivity contribution in [3.63, 3.8) is 0 Å². The topological polar surface area (TPSA) is 60.2 Å². The minimum atomic E-state index is -0.126. The fourth-order valence-corrected chi connectivity index (χ4v) is 3.42. The molecule has 0 bridgehead atoms. The highest BCUT2D eigenvalue weighted by Crippen LogP contribution is 2.27. The fraction of sp³-hybridized carbons (Fsp3) is 0.250. The van der Waals surface area contributed by atoms with E-state index in [1.807, 2.05) is 36.4 Å². The molecule has 0 amide bonds. The predicted octanol–water partition coefficient (Wildman–Crippen LogP) is 3.50. The van der Waals surface area contributed by atoms with Gasteiger partial charge in [-0.2, -0.15) is 0 Å². The van der Waals surface area contributed by atoms with Gasteiger partial charge in [0.1, 0.15) is 6.10 Å². The smallest absolute Gasteiger partial charge is 0.255 e. The lowest BCUT2D eigenvalue weighted by Crippen LogP contribution is -2.41. The molecule has 3 aromatic rings. The molecule has 1 saturated heterocycles. The largest absolute Gasteiger partial charge is 0.370 e. The van der Waals surface area contributed by atoms with E-state index in [0.717, 1.165) is 11.1 Å². The molecule has 4 rings (SSSR count). The minimum absolute atomic E-state index is 0. The van der Waals surface area contributed by atoms with E-state index in [1.165, 1.54) is 0 Å². The first-order valence-corrected chi connectivity index (χ1v) is 9.10. The summed E-state index contributed by atoms with van der Waals surface area (Å²) in [6, 6.07) is 12.9. The van der Waals surface area contributed by atoms with Crippen LogP contribution >= 0.6 is 24.0 Å². The Morgan fingerprint density at radius 3 is 2.71 bits per heavy atom. The molecule has 0 saturated carbocycles. The lowest BCUT2D eigenvalue weighted by atomic mass is 10.1. The Morgan fingerprint density at radius 2 is 1.96 bits per heavy atom. The number of anilines is 1. The maximum absolute atomic E-state index is 12.5. The summed E-state index contributed by atoms with van der Waals surface area (Å²) < 4.78 is 7.51. The van der Waals surface area contributed by atoms with Crippen LogP contribution < -0.4 is 10.5 Å². The van der Waals surface area contributed by atoms with Gasteiger partial charge in [-0.3, -0.25) is 14.3 Å². The van der Waals surface area contributed by atoms with Crippen molar-refractivity contribution in [1.82, 2.24) is 14.5 Å². The zero-order chi connectivity index (χ0) is 18.8. The molecule has 0 N–H and O–H groups in total. The van der Waals surface area contributed by atoms with Crippen molar-refractivity contribution in [2.24, 2.45) is 7.05 Å². The van der Waals surface area contributed by atoms with Gasteiger partial charge in [0.25, 0.3) is 5.56 Å². The number of nitrogens with zero attached hydrogens (tertiary/aromatic N) is 4. The van der Waals surface area contributed by atoms with E-state index in [4.69, 9.17) is 21.3 Å². The summed E-state index contributed by atoms with van der Waals surface area (Å²) in [5.41, 5.74) is 2.42. The molecule has 1 aromatic carbocycles. The summed E-state index contributed by atoms with van der Waals surface area (Å²) in [4.78, 5) is 23.4. The molecule has 8 heteroatoms. The van der Waals surface area contributed by atoms with Gasteiger partial charge in [-0.15, -0.1) is 12.4 Å². The van der Waals surface area contributed by atoms with Gasteiger partial charge in [-0.25, -0.2) is 4.98 Å². The first-order chi connectivity index (χ1) is 13.1. The van der Waals surface area contributed by atoms with Gasteiger partial charge < -0.3 is 9.64 Å². The number of halogens is 2. The molecule has 3 heterocycles. The van der Waals surface area contributed by atoms with E-state index in [-0.39, 0.29) is 24.1 Å². The lowest BCUT2D eigenvalue weighted by molar-refractivity contribution is 0.0390. The van der Waals surface area contributed by atoms with E-state index in [1.54, 1.807) is 30.1 Å². The maximum Gasteiger partial charge on any atom is 0.255 e. The highest BCUT2D eigenvalue weighted by atomic mass is 35.5. The molecule has 1 atom stereocenters. The number of pyridine rings is 1. The van der Waals surface area contributed by atoms with Crippen LogP contribution in [0.1, 0.15) is 11.7 Å². The highest BCUT2D eigenvalue weighted by Gasteiger charge is 2.25. The average molecular weight is 419 g/mol. The molecular weight excluding hydrogens is 399 g/mol. The summed E-state index contributed by atoms with van der Waals surface area (Å²) in [6.45, 7) is 1.81. The van der Waals surface area contributed by atoms with Crippen molar-refractivity contribution in [2.75, 3.05) is 24.6 Å². The average Bonchev–Trinajstić information content (AvgIpc) is 2.71. The molecule has 1 aliphatic heterocycles. The molecule has 2 aromatic heterocycles. The van der Waals surface area contributed by atoms with Gasteiger partial charge >= 0.3 is 0 Å². The molecule has 6 nitrogen and oxygen atoms in total. The zero-order valence-corrected chi connectivity index (χ0v) is 16.9. The van der Waals surface area contributed by atoms with E-state index in [0.29, 0.717) is 36.4 Å². The summed E-state index contributed by atoms with van der Waals surface area (Å²) in [7, 11) is 1.74. The number of hydrogen-bond acceptors (Lipinski definition) is 5. The van der Waals surface area contributed by atoms with Crippen LogP contribution in [0.5, 0.6) is 0 Å². The quantitative estimate of drug-likeness (QED) is 0.651. The third-order valence-electron chi connectivity index (χ3n) is 4.66. The van der Waals surface area contributed by atoms with Crippen LogP contribution in [0.2, 0.25) is 5.02 Å². The van der Waals surface area contributed by atoms with Crippen LogP contribution in [0.25, 0.3) is 11.3 Å². The van der Waals surface area contributed by atoms with Crippen LogP contribution in [-0.2, 0) is 11.8 Å². The Kier molecular flexibility index (Phi) is 6.34. The molecule has 28 heavy (non-hydrogen) atoms. The zero-order valence-electron chi connectivity index (χ0n) is 15.3. The van der Waals surface area contributed by atoms with Crippen molar-refractivity contribution in [2.45, 2.75) is 6.10 Å². The van der Waals surface area contributed by atoms with Gasteiger partial charge in [0.05, 0.1) is 18.8 Å². The summed E-state index contributed by atoms with van der Waals surface area (Å²) in [5.74, 6) is 0.629. The molecular formula is C20H20Cl2N4O2. The first kappa shape index (κ1) is 20.3. The van der Waals surface area contributed by atoms with Gasteiger partial charge in [0.15, 0.2) is 0 Å². The minimum Gasteiger partial charge on any atom is -0.370 e.